The van der Waals surface area contributed by atoms with Crippen molar-refractivity contribution in [1.82, 2.24) is 4.72 Å². The van der Waals surface area contributed by atoms with Crippen LogP contribution < -0.4 is 4.72 Å². The molecule has 0 saturated carbocycles. The molecule has 96 valence electrons. The van der Waals surface area contributed by atoms with Crippen LogP contribution in [0.3, 0.4) is 0 Å². The molecule has 0 bridgehead atoms. The Labute approximate surface area is 105 Å². The van der Waals surface area contributed by atoms with E-state index in [9.17, 15) is 13.2 Å². The number of thiophene rings is 1. The van der Waals surface area contributed by atoms with Gasteiger partial charge in [0, 0.05) is 0 Å². The molecule has 1 aromatic rings. The van der Waals surface area contributed by atoms with E-state index in [0.717, 1.165) is 11.3 Å². The van der Waals surface area contributed by atoms with Crippen molar-refractivity contribution in [3.63, 3.8) is 0 Å². The van der Waals surface area contributed by atoms with Gasteiger partial charge in [-0.05, 0) is 30.4 Å². The minimum Gasteiger partial charge on any atom is -0.480 e. The summed E-state index contributed by atoms with van der Waals surface area (Å²) in [7, 11) is -3.73. The Bertz CT molecular complexity index is 492. The quantitative estimate of drug-likeness (QED) is 0.827. The summed E-state index contributed by atoms with van der Waals surface area (Å²) in [6.45, 7) is 3.49. The average Bonchev–Trinajstić information content (AvgIpc) is 2.64. The highest BCUT2D eigenvalue weighted by atomic mass is 32.2. The number of hydrogen-bond donors (Lipinski definition) is 2. The highest BCUT2D eigenvalue weighted by molar-refractivity contribution is 7.91. The molecular weight excluding hydrogens is 262 g/mol. The molecule has 0 aliphatic rings. The summed E-state index contributed by atoms with van der Waals surface area (Å²) in [4.78, 5) is 10.9. The molecule has 17 heavy (non-hydrogen) atoms. The summed E-state index contributed by atoms with van der Waals surface area (Å²) in [5.41, 5.74) is 0.628. The van der Waals surface area contributed by atoms with E-state index in [1.807, 2.05) is 0 Å². The number of sulfonamides is 1. The third kappa shape index (κ3) is 3.52. The fourth-order valence-corrected chi connectivity index (χ4v) is 4.06. The lowest BCUT2D eigenvalue weighted by molar-refractivity contribution is -0.139. The van der Waals surface area contributed by atoms with Gasteiger partial charge >= 0.3 is 5.97 Å². The van der Waals surface area contributed by atoms with Crippen LogP contribution in [0.4, 0.5) is 0 Å². The zero-order valence-corrected chi connectivity index (χ0v) is 11.3. The monoisotopic (exact) mass is 277 g/mol. The molecule has 0 spiro atoms. The first kappa shape index (κ1) is 14.1. The molecule has 0 radical (unpaired) electrons. The second-order valence-corrected chi connectivity index (χ2v) is 6.52. The van der Waals surface area contributed by atoms with E-state index in [1.54, 1.807) is 25.3 Å². The molecule has 1 rings (SSSR count). The van der Waals surface area contributed by atoms with Gasteiger partial charge in [0.15, 0.2) is 0 Å². The summed E-state index contributed by atoms with van der Waals surface area (Å²) in [6, 6.07) is 0.626. The van der Waals surface area contributed by atoms with Crippen molar-refractivity contribution >= 4 is 27.3 Å². The van der Waals surface area contributed by atoms with E-state index in [0.29, 0.717) is 12.0 Å². The standard InChI is InChI=1S/C10H15NO4S2/c1-3-4-8(9(12)13)11-17(14,15)10-7(2)5-6-16-10/h5-6,8,11H,3-4H2,1-2H3,(H,12,13). The number of carboxylic acid groups (broad SMARTS) is 1. The van der Waals surface area contributed by atoms with Crippen LogP contribution in [-0.4, -0.2) is 25.5 Å². The van der Waals surface area contributed by atoms with Gasteiger partial charge in [-0.3, -0.25) is 4.79 Å². The molecule has 0 aliphatic carbocycles. The summed E-state index contributed by atoms with van der Waals surface area (Å²) < 4.78 is 26.3. The Kier molecular flexibility index (Phi) is 4.67. The van der Waals surface area contributed by atoms with Gasteiger partial charge in [-0.1, -0.05) is 13.3 Å². The molecule has 0 saturated heterocycles. The maximum atomic E-state index is 11.9. The third-order valence-corrected chi connectivity index (χ3v) is 5.39. The highest BCUT2D eigenvalue weighted by Crippen LogP contribution is 2.22. The smallest absolute Gasteiger partial charge is 0.321 e. The zero-order chi connectivity index (χ0) is 13.1. The van der Waals surface area contributed by atoms with Crippen molar-refractivity contribution in [1.29, 1.82) is 0 Å². The van der Waals surface area contributed by atoms with E-state index in [-0.39, 0.29) is 10.6 Å². The third-order valence-electron chi connectivity index (χ3n) is 2.23. The van der Waals surface area contributed by atoms with Crippen molar-refractivity contribution in [3.8, 4) is 0 Å². The lowest BCUT2D eigenvalue weighted by Gasteiger charge is -2.13. The van der Waals surface area contributed by atoms with Gasteiger partial charge in [-0.2, -0.15) is 4.72 Å². The van der Waals surface area contributed by atoms with E-state index in [2.05, 4.69) is 4.72 Å². The fourth-order valence-electron chi connectivity index (χ4n) is 1.40. The van der Waals surface area contributed by atoms with E-state index in [4.69, 9.17) is 5.11 Å². The summed E-state index contributed by atoms with van der Waals surface area (Å²) in [5.74, 6) is -1.15. The lowest BCUT2D eigenvalue weighted by atomic mass is 10.2. The number of aryl methyl sites for hydroxylation is 1. The van der Waals surface area contributed by atoms with Gasteiger partial charge in [-0.25, -0.2) is 8.42 Å². The van der Waals surface area contributed by atoms with Crippen molar-refractivity contribution in [2.45, 2.75) is 36.9 Å². The van der Waals surface area contributed by atoms with Crippen LogP contribution in [0.15, 0.2) is 15.7 Å². The number of hydrogen-bond acceptors (Lipinski definition) is 4. The van der Waals surface area contributed by atoms with E-state index in [1.165, 1.54) is 0 Å². The number of rotatable bonds is 6. The molecule has 0 fully saturated rings. The first-order valence-corrected chi connectivity index (χ1v) is 7.54. The maximum absolute atomic E-state index is 11.9. The second kappa shape index (κ2) is 5.61. The molecule has 0 aliphatic heterocycles. The molecule has 0 aromatic carbocycles. The number of carboxylic acids is 1. The minimum absolute atomic E-state index is 0.180. The predicted molar refractivity (Wildman–Crippen MR) is 65.7 cm³/mol. The molecule has 7 heteroatoms. The van der Waals surface area contributed by atoms with Crippen LogP contribution in [-0.2, 0) is 14.8 Å². The Morgan fingerprint density at radius 1 is 1.59 bits per heavy atom. The Balaban J connectivity index is 2.93. The van der Waals surface area contributed by atoms with Crippen LogP contribution in [0.2, 0.25) is 0 Å². The van der Waals surface area contributed by atoms with Gasteiger partial charge in [0.25, 0.3) is 10.0 Å². The predicted octanol–water partition coefficient (Wildman–Crippen LogP) is 1.59. The van der Waals surface area contributed by atoms with Crippen LogP contribution >= 0.6 is 11.3 Å². The normalized spacial score (nSPS) is 13.5. The second-order valence-electron chi connectivity index (χ2n) is 3.69. The molecular formula is C10H15NO4S2. The topological polar surface area (TPSA) is 83.5 Å². The van der Waals surface area contributed by atoms with Gasteiger partial charge in [0.2, 0.25) is 0 Å². The van der Waals surface area contributed by atoms with E-state index < -0.39 is 22.0 Å². The van der Waals surface area contributed by atoms with Gasteiger partial charge in [-0.15, -0.1) is 11.3 Å². The van der Waals surface area contributed by atoms with Crippen molar-refractivity contribution in [2.75, 3.05) is 0 Å². The van der Waals surface area contributed by atoms with Crippen molar-refractivity contribution in [3.05, 3.63) is 17.0 Å². The van der Waals surface area contributed by atoms with Crippen LogP contribution in [0, 0.1) is 6.92 Å². The van der Waals surface area contributed by atoms with Crippen LogP contribution in [0.25, 0.3) is 0 Å². The van der Waals surface area contributed by atoms with Gasteiger partial charge < -0.3 is 5.11 Å². The first-order valence-electron chi connectivity index (χ1n) is 5.17. The Morgan fingerprint density at radius 2 is 2.24 bits per heavy atom. The molecule has 1 aromatic heterocycles. The van der Waals surface area contributed by atoms with Crippen molar-refractivity contribution < 1.29 is 18.3 Å². The number of carbonyl (C=O) groups is 1. The number of nitrogens with one attached hydrogen (secondary N) is 1. The fraction of sp³-hybridized carbons (Fsp3) is 0.500. The molecule has 2 N–H and O–H groups in total. The minimum atomic E-state index is -3.73. The summed E-state index contributed by atoms with van der Waals surface area (Å²) in [6.07, 6.45) is 0.877. The number of aliphatic carboxylic acids is 1. The largest absolute Gasteiger partial charge is 0.480 e. The Morgan fingerprint density at radius 3 is 2.65 bits per heavy atom. The molecule has 5 nitrogen and oxygen atoms in total. The maximum Gasteiger partial charge on any atom is 0.321 e. The van der Waals surface area contributed by atoms with E-state index >= 15 is 0 Å². The summed E-state index contributed by atoms with van der Waals surface area (Å²) >= 11 is 1.08. The first-order chi connectivity index (χ1) is 7.88. The molecule has 0 amide bonds. The lowest BCUT2D eigenvalue weighted by Crippen LogP contribution is -2.40. The molecule has 1 atom stereocenters. The highest BCUT2D eigenvalue weighted by Gasteiger charge is 2.26. The summed E-state index contributed by atoms with van der Waals surface area (Å²) in [5, 5.41) is 10.6. The molecule has 1 unspecified atom stereocenters. The zero-order valence-electron chi connectivity index (χ0n) is 9.63. The van der Waals surface area contributed by atoms with Crippen LogP contribution in [0.1, 0.15) is 25.3 Å². The van der Waals surface area contributed by atoms with Crippen LogP contribution in [0.5, 0.6) is 0 Å². The van der Waals surface area contributed by atoms with Crippen molar-refractivity contribution in [2.24, 2.45) is 0 Å². The van der Waals surface area contributed by atoms with Gasteiger partial charge in [0.1, 0.15) is 10.3 Å². The average molecular weight is 277 g/mol. The van der Waals surface area contributed by atoms with Gasteiger partial charge in [0.05, 0.1) is 0 Å². The Hall–Kier alpha value is -0.920. The SMILES string of the molecule is CCCC(NS(=O)(=O)c1sccc1C)C(=O)O. The molecule has 1 heterocycles.